The normalized spacial score (nSPS) is 11.3. The van der Waals surface area contributed by atoms with E-state index in [9.17, 15) is 0 Å². The first-order valence-electron chi connectivity index (χ1n) is 9.52. The number of rotatable bonds is 5. The van der Waals surface area contributed by atoms with Gasteiger partial charge in [-0.15, -0.1) is 0 Å². The summed E-state index contributed by atoms with van der Waals surface area (Å²) in [6.45, 7) is 6.48. The molecule has 5 nitrogen and oxygen atoms in total. The first kappa shape index (κ1) is 18.7. The van der Waals surface area contributed by atoms with Crippen molar-refractivity contribution < 1.29 is 9.26 Å². The molecule has 0 aliphatic carbocycles. The average Bonchev–Trinajstić information content (AvgIpc) is 3.18. The lowest BCUT2D eigenvalue weighted by atomic mass is 9.86. The highest BCUT2D eigenvalue weighted by Gasteiger charge is 2.20. The van der Waals surface area contributed by atoms with Gasteiger partial charge in [-0.05, 0) is 23.6 Å². The van der Waals surface area contributed by atoms with Crippen LogP contribution in [0.15, 0.2) is 83.5 Å². The van der Waals surface area contributed by atoms with Crippen LogP contribution in [-0.4, -0.2) is 10.1 Å². The summed E-state index contributed by atoms with van der Waals surface area (Å²) < 4.78 is 11.7. The molecule has 0 spiro atoms. The van der Waals surface area contributed by atoms with Crippen LogP contribution in [0.2, 0.25) is 0 Å². The number of para-hydroxylation sites is 1. The Morgan fingerprint density at radius 2 is 1.66 bits per heavy atom. The molecule has 4 aromatic rings. The van der Waals surface area contributed by atoms with Crippen LogP contribution in [0, 0.1) is 0 Å². The lowest BCUT2D eigenvalue weighted by molar-refractivity contribution is 0.434. The largest absolute Gasteiger partial charge is 0.437 e. The van der Waals surface area contributed by atoms with Crippen molar-refractivity contribution in [3.63, 3.8) is 0 Å². The fraction of sp³-hybridized carbons (Fsp3) is 0.167. The molecule has 0 unspecified atom stereocenters. The number of anilines is 2. The Morgan fingerprint density at radius 3 is 2.45 bits per heavy atom. The van der Waals surface area contributed by atoms with Crippen molar-refractivity contribution in [3.8, 4) is 23.0 Å². The van der Waals surface area contributed by atoms with Gasteiger partial charge in [0.05, 0.1) is 0 Å². The highest BCUT2D eigenvalue weighted by atomic mass is 16.5. The van der Waals surface area contributed by atoms with Gasteiger partial charge in [0, 0.05) is 23.4 Å². The molecule has 146 valence electrons. The summed E-state index contributed by atoms with van der Waals surface area (Å²) in [5.41, 5.74) is 2.75. The summed E-state index contributed by atoms with van der Waals surface area (Å²) in [5.74, 6) is 2.55. The quantitative estimate of drug-likeness (QED) is 0.421. The number of ether oxygens (including phenoxy) is 1. The lowest BCUT2D eigenvalue weighted by Crippen LogP contribution is -2.12. The van der Waals surface area contributed by atoms with Gasteiger partial charge in [0.2, 0.25) is 5.88 Å². The van der Waals surface area contributed by atoms with Crippen LogP contribution in [0.3, 0.4) is 0 Å². The second-order valence-electron chi connectivity index (χ2n) is 7.77. The summed E-state index contributed by atoms with van der Waals surface area (Å²) in [5, 5.41) is 7.37. The van der Waals surface area contributed by atoms with Crippen LogP contribution in [0.25, 0.3) is 11.3 Å². The van der Waals surface area contributed by atoms with Crippen molar-refractivity contribution >= 4 is 11.5 Å². The molecule has 0 amide bonds. The van der Waals surface area contributed by atoms with E-state index in [1.807, 2.05) is 66.7 Å². The Balaban J connectivity index is 1.60. The maximum atomic E-state index is 6.20. The molecule has 0 bridgehead atoms. The predicted molar refractivity (Wildman–Crippen MR) is 115 cm³/mol. The molecule has 0 fully saturated rings. The van der Waals surface area contributed by atoms with Crippen molar-refractivity contribution in [2.45, 2.75) is 26.2 Å². The summed E-state index contributed by atoms with van der Waals surface area (Å²) >= 11 is 0. The molecule has 29 heavy (non-hydrogen) atoms. The zero-order valence-corrected chi connectivity index (χ0v) is 16.7. The number of nitrogens with zero attached hydrogens (tertiary/aromatic N) is 2. The van der Waals surface area contributed by atoms with E-state index in [1.54, 1.807) is 6.20 Å². The minimum Gasteiger partial charge on any atom is -0.437 e. The van der Waals surface area contributed by atoms with Gasteiger partial charge in [0.25, 0.3) is 0 Å². The van der Waals surface area contributed by atoms with Gasteiger partial charge in [0.15, 0.2) is 11.6 Å². The molecule has 0 atom stereocenters. The highest BCUT2D eigenvalue weighted by molar-refractivity contribution is 5.67. The predicted octanol–water partition coefficient (Wildman–Crippen LogP) is 6.57. The molecule has 0 aliphatic rings. The zero-order valence-electron chi connectivity index (χ0n) is 16.7. The molecular formula is C24H23N3O2. The fourth-order valence-corrected chi connectivity index (χ4v) is 3.06. The number of pyridine rings is 1. The van der Waals surface area contributed by atoms with Crippen LogP contribution in [0.5, 0.6) is 11.6 Å². The molecule has 4 rings (SSSR count). The summed E-state index contributed by atoms with van der Waals surface area (Å²) in [7, 11) is 0. The van der Waals surface area contributed by atoms with Crippen LogP contribution >= 0.6 is 0 Å². The third kappa shape index (κ3) is 4.29. The Kier molecular flexibility index (Phi) is 5.04. The highest BCUT2D eigenvalue weighted by Crippen LogP contribution is 2.36. The maximum Gasteiger partial charge on any atom is 0.243 e. The van der Waals surface area contributed by atoms with E-state index in [4.69, 9.17) is 9.26 Å². The minimum atomic E-state index is -0.0460. The molecule has 0 aliphatic heterocycles. The molecule has 2 aromatic heterocycles. The molecule has 2 aromatic carbocycles. The first-order valence-corrected chi connectivity index (χ1v) is 9.52. The van der Waals surface area contributed by atoms with Gasteiger partial charge in [-0.2, -0.15) is 0 Å². The number of nitrogens with one attached hydrogen (secondary N) is 1. The summed E-state index contributed by atoms with van der Waals surface area (Å²) in [6.07, 6.45) is 1.71. The van der Waals surface area contributed by atoms with Crippen molar-refractivity contribution in [1.82, 2.24) is 10.1 Å². The third-order valence-corrected chi connectivity index (χ3v) is 4.50. The molecule has 0 saturated heterocycles. The number of hydrogen-bond donors (Lipinski definition) is 1. The Bertz CT molecular complexity index is 1100. The molecule has 5 heteroatoms. The van der Waals surface area contributed by atoms with Gasteiger partial charge in [-0.3, -0.25) is 0 Å². The van der Waals surface area contributed by atoms with Crippen LogP contribution in [-0.2, 0) is 5.41 Å². The topological polar surface area (TPSA) is 60.2 Å². The number of benzene rings is 2. The maximum absolute atomic E-state index is 6.20. The van der Waals surface area contributed by atoms with Gasteiger partial charge < -0.3 is 14.6 Å². The fourth-order valence-electron chi connectivity index (χ4n) is 3.06. The van der Waals surface area contributed by atoms with Crippen LogP contribution in [0.1, 0.15) is 26.3 Å². The standard InChI is InChI=1S/C24H23N3O2/c1-24(2,3)18-12-7-8-14-20(18)28-23-19(13-9-15-25-23)26-22-16-21(29-27-22)17-10-5-4-6-11-17/h4-16H,1-3H3,(H,26,27). The second kappa shape index (κ2) is 7.80. The molecule has 0 saturated carbocycles. The van der Waals surface area contributed by atoms with E-state index < -0.39 is 0 Å². The SMILES string of the molecule is CC(C)(C)c1ccccc1Oc1ncccc1Nc1cc(-c2ccccc2)on1. The summed E-state index contributed by atoms with van der Waals surface area (Å²) in [4.78, 5) is 4.42. The van der Waals surface area contributed by atoms with Crippen molar-refractivity contribution in [2.75, 3.05) is 5.32 Å². The van der Waals surface area contributed by atoms with Crippen molar-refractivity contribution in [3.05, 3.63) is 84.6 Å². The van der Waals surface area contributed by atoms with Crippen molar-refractivity contribution in [2.24, 2.45) is 0 Å². The number of hydrogen-bond acceptors (Lipinski definition) is 5. The summed E-state index contributed by atoms with van der Waals surface area (Å²) in [6, 6.07) is 23.5. The lowest BCUT2D eigenvalue weighted by Gasteiger charge is -2.22. The van der Waals surface area contributed by atoms with Gasteiger partial charge in [-0.1, -0.05) is 74.5 Å². The Morgan fingerprint density at radius 1 is 0.897 bits per heavy atom. The van der Waals surface area contributed by atoms with Gasteiger partial charge in [0.1, 0.15) is 11.4 Å². The van der Waals surface area contributed by atoms with E-state index in [-0.39, 0.29) is 5.41 Å². The first-order chi connectivity index (χ1) is 14.0. The second-order valence-corrected chi connectivity index (χ2v) is 7.77. The number of aromatic nitrogens is 2. The van der Waals surface area contributed by atoms with E-state index in [2.05, 4.69) is 42.3 Å². The molecular weight excluding hydrogens is 362 g/mol. The van der Waals surface area contributed by atoms with Crippen molar-refractivity contribution in [1.29, 1.82) is 0 Å². The average molecular weight is 385 g/mol. The molecule has 1 N–H and O–H groups in total. The Labute approximate surface area is 170 Å². The zero-order chi connectivity index (χ0) is 20.3. The van der Waals surface area contributed by atoms with Crippen LogP contribution in [0.4, 0.5) is 11.5 Å². The van der Waals surface area contributed by atoms with Crippen LogP contribution < -0.4 is 10.1 Å². The third-order valence-electron chi connectivity index (χ3n) is 4.50. The van der Waals surface area contributed by atoms with Gasteiger partial charge >= 0.3 is 0 Å². The smallest absolute Gasteiger partial charge is 0.243 e. The van der Waals surface area contributed by atoms with E-state index in [0.29, 0.717) is 23.1 Å². The van der Waals surface area contributed by atoms with E-state index >= 15 is 0 Å². The van der Waals surface area contributed by atoms with Gasteiger partial charge in [-0.25, -0.2) is 4.98 Å². The van der Waals surface area contributed by atoms with E-state index in [0.717, 1.165) is 16.9 Å². The Hall–Kier alpha value is -3.60. The molecule has 2 heterocycles. The monoisotopic (exact) mass is 385 g/mol. The molecule has 0 radical (unpaired) electrons. The minimum absolute atomic E-state index is 0.0460. The van der Waals surface area contributed by atoms with E-state index in [1.165, 1.54) is 0 Å².